The lowest BCUT2D eigenvalue weighted by atomic mass is 10.0. The lowest BCUT2D eigenvalue weighted by Crippen LogP contribution is -2.20. The van der Waals surface area contributed by atoms with Crippen LogP contribution in [0.5, 0.6) is 5.75 Å². The number of rotatable bonds is 7. The van der Waals surface area contributed by atoms with Gasteiger partial charge in [-0.3, -0.25) is 20.2 Å². The van der Waals surface area contributed by atoms with E-state index in [9.17, 15) is 14.9 Å². The number of nitrogens with one attached hydrogen (secondary N) is 1. The van der Waals surface area contributed by atoms with Crippen LogP contribution in [0.4, 0.5) is 10.8 Å². The number of nitro groups is 1. The molecule has 1 amide bonds. The minimum Gasteiger partial charge on any atom is -0.483 e. The van der Waals surface area contributed by atoms with Gasteiger partial charge in [0.1, 0.15) is 5.75 Å². The first-order chi connectivity index (χ1) is 13.8. The number of hydrogen-bond donors (Lipinski definition) is 1. The summed E-state index contributed by atoms with van der Waals surface area (Å²) in [6, 6.07) is 12.0. The molecule has 150 valence electrons. The van der Waals surface area contributed by atoms with Crippen LogP contribution in [0, 0.1) is 10.1 Å². The summed E-state index contributed by atoms with van der Waals surface area (Å²) in [5.74, 6) is 0.638. The summed E-state index contributed by atoms with van der Waals surface area (Å²) >= 11 is 4.70. The lowest BCUT2D eigenvalue weighted by Gasteiger charge is -2.11. The van der Waals surface area contributed by atoms with Crippen molar-refractivity contribution in [2.24, 2.45) is 0 Å². The molecule has 0 fully saturated rings. The molecule has 0 saturated carbocycles. The quantitative estimate of drug-likeness (QED) is 0.353. The van der Waals surface area contributed by atoms with Crippen LogP contribution in [0.3, 0.4) is 0 Å². The van der Waals surface area contributed by atoms with E-state index in [-0.39, 0.29) is 18.2 Å². The van der Waals surface area contributed by atoms with Crippen molar-refractivity contribution in [2.75, 3.05) is 11.9 Å². The highest BCUT2D eigenvalue weighted by Gasteiger charge is 2.13. The van der Waals surface area contributed by atoms with Crippen molar-refractivity contribution in [1.29, 1.82) is 0 Å². The first-order valence-electron chi connectivity index (χ1n) is 8.76. The molecule has 1 N–H and O–H groups in total. The third-order valence-corrected chi connectivity index (χ3v) is 5.46. The van der Waals surface area contributed by atoms with E-state index < -0.39 is 4.92 Å². The zero-order chi connectivity index (χ0) is 21.0. The van der Waals surface area contributed by atoms with Crippen LogP contribution in [0.15, 0.2) is 52.3 Å². The average Bonchev–Trinajstić information content (AvgIpc) is 3.15. The second-order valence-corrected chi connectivity index (χ2v) is 8.24. The number of nitro benzene ring substituents is 1. The van der Waals surface area contributed by atoms with E-state index in [4.69, 9.17) is 4.74 Å². The largest absolute Gasteiger partial charge is 0.483 e. The number of amides is 1. The van der Waals surface area contributed by atoms with Crippen LogP contribution in [0.2, 0.25) is 0 Å². The Balaban J connectivity index is 1.61. The highest BCUT2D eigenvalue weighted by Crippen LogP contribution is 2.29. The molecular formula is C20H18BrN3O4S. The minimum absolute atomic E-state index is 0.0106. The van der Waals surface area contributed by atoms with Crippen molar-refractivity contribution < 1.29 is 14.5 Å². The van der Waals surface area contributed by atoms with Crippen LogP contribution >= 0.6 is 27.3 Å². The molecule has 0 radical (unpaired) electrons. The van der Waals surface area contributed by atoms with Gasteiger partial charge in [0.15, 0.2) is 11.7 Å². The zero-order valence-corrected chi connectivity index (χ0v) is 18.1. The summed E-state index contributed by atoms with van der Waals surface area (Å²) in [7, 11) is 0. The fourth-order valence-corrected chi connectivity index (χ4v) is 3.78. The molecule has 0 aliphatic heterocycles. The fourth-order valence-electron chi connectivity index (χ4n) is 2.53. The van der Waals surface area contributed by atoms with Gasteiger partial charge in [-0.1, -0.05) is 32.0 Å². The normalized spacial score (nSPS) is 10.8. The second kappa shape index (κ2) is 9.15. The smallest absolute Gasteiger partial charge is 0.270 e. The molecular weight excluding hydrogens is 458 g/mol. The van der Waals surface area contributed by atoms with Crippen molar-refractivity contribution >= 4 is 44.0 Å². The predicted molar refractivity (Wildman–Crippen MR) is 117 cm³/mol. The molecule has 0 bridgehead atoms. The van der Waals surface area contributed by atoms with E-state index in [0.29, 0.717) is 28.1 Å². The molecule has 1 aromatic heterocycles. The fraction of sp³-hybridized carbons (Fsp3) is 0.200. The SMILES string of the molecule is CC(C)c1ccc(OCC(=O)Nc2nc(-c3cccc([N+](=O)[O-])c3)cs2)c(Br)c1. The highest BCUT2D eigenvalue weighted by atomic mass is 79.9. The summed E-state index contributed by atoms with van der Waals surface area (Å²) < 4.78 is 6.37. The van der Waals surface area contributed by atoms with E-state index in [0.717, 1.165) is 4.47 Å². The third-order valence-electron chi connectivity index (χ3n) is 4.08. The van der Waals surface area contributed by atoms with Gasteiger partial charge in [-0.05, 0) is 39.5 Å². The molecule has 2 aromatic carbocycles. The maximum absolute atomic E-state index is 12.2. The second-order valence-electron chi connectivity index (χ2n) is 6.53. The van der Waals surface area contributed by atoms with Gasteiger partial charge in [0.2, 0.25) is 0 Å². The maximum Gasteiger partial charge on any atom is 0.270 e. The number of carbonyl (C=O) groups is 1. The van der Waals surface area contributed by atoms with Crippen molar-refractivity contribution in [3.8, 4) is 17.0 Å². The van der Waals surface area contributed by atoms with Crippen LogP contribution in [0.1, 0.15) is 25.3 Å². The molecule has 3 aromatic rings. The molecule has 0 atom stereocenters. The number of thiazole rings is 1. The van der Waals surface area contributed by atoms with Crippen LogP contribution in [-0.2, 0) is 4.79 Å². The average molecular weight is 476 g/mol. The van der Waals surface area contributed by atoms with Crippen LogP contribution < -0.4 is 10.1 Å². The Hall–Kier alpha value is -2.78. The molecule has 1 heterocycles. The maximum atomic E-state index is 12.2. The number of hydrogen-bond acceptors (Lipinski definition) is 6. The zero-order valence-electron chi connectivity index (χ0n) is 15.7. The van der Waals surface area contributed by atoms with Crippen LogP contribution in [0.25, 0.3) is 11.3 Å². The molecule has 0 saturated heterocycles. The topological polar surface area (TPSA) is 94.4 Å². The van der Waals surface area contributed by atoms with Crippen molar-refractivity contribution in [3.63, 3.8) is 0 Å². The molecule has 7 nitrogen and oxygen atoms in total. The number of carbonyl (C=O) groups excluding carboxylic acids is 1. The van der Waals surface area contributed by atoms with E-state index in [1.165, 1.54) is 29.0 Å². The standard InChI is InChI=1S/C20H18BrN3O4S/c1-12(2)13-6-7-18(16(21)9-13)28-10-19(25)23-20-22-17(11-29-20)14-4-3-5-15(8-14)24(26)27/h3-9,11-12H,10H2,1-2H3,(H,22,23,25). The van der Waals surface area contributed by atoms with Gasteiger partial charge in [-0.15, -0.1) is 11.3 Å². The van der Waals surface area contributed by atoms with Crippen LogP contribution in [-0.4, -0.2) is 22.4 Å². The van der Waals surface area contributed by atoms with E-state index >= 15 is 0 Å². The number of nitrogens with zero attached hydrogens (tertiary/aromatic N) is 2. The Morgan fingerprint density at radius 2 is 2.10 bits per heavy atom. The molecule has 3 rings (SSSR count). The van der Waals surface area contributed by atoms with Gasteiger partial charge in [0.25, 0.3) is 11.6 Å². The van der Waals surface area contributed by atoms with Gasteiger partial charge in [-0.25, -0.2) is 4.98 Å². The summed E-state index contributed by atoms with van der Waals surface area (Å²) in [6.07, 6.45) is 0. The van der Waals surface area contributed by atoms with Gasteiger partial charge in [0, 0.05) is 23.1 Å². The number of aromatic nitrogens is 1. The van der Waals surface area contributed by atoms with Gasteiger partial charge < -0.3 is 4.74 Å². The predicted octanol–water partition coefficient (Wildman–Crippen LogP) is 5.62. The monoisotopic (exact) mass is 475 g/mol. The number of anilines is 1. The molecule has 9 heteroatoms. The summed E-state index contributed by atoms with van der Waals surface area (Å²) in [5, 5.41) is 15.7. The van der Waals surface area contributed by atoms with E-state index in [1.807, 2.05) is 18.2 Å². The van der Waals surface area contributed by atoms with Gasteiger partial charge in [0.05, 0.1) is 15.1 Å². The molecule has 0 unspecified atom stereocenters. The first-order valence-corrected chi connectivity index (χ1v) is 10.4. The van der Waals surface area contributed by atoms with Crippen molar-refractivity contribution in [3.05, 3.63) is 68.0 Å². The van der Waals surface area contributed by atoms with Gasteiger partial charge in [-0.2, -0.15) is 0 Å². The molecule has 29 heavy (non-hydrogen) atoms. The lowest BCUT2D eigenvalue weighted by molar-refractivity contribution is -0.384. The Kier molecular flexibility index (Phi) is 6.60. The third kappa shape index (κ3) is 5.39. The Bertz CT molecular complexity index is 1050. The number of non-ortho nitro benzene ring substituents is 1. The van der Waals surface area contributed by atoms with E-state index in [1.54, 1.807) is 17.5 Å². The summed E-state index contributed by atoms with van der Waals surface area (Å²) in [4.78, 5) is 27.0. The highest BCUT2D eigenvalue weighted by molar-refractivity contribution is 9.10. The Labute approximate surface area is 180 Å². The van der Waals surface area contributed by atoms with Gasteiger partial charge >= 0.3 is 0 Å². The van der Waals surface area contributed by atoms with Crippen molar-refractivity contribution in [2.45, 2.75) is 19.8 Å². The number of halogens is 1. The Morgan fingerprint density at radius 3 is 2.79 bits per heavy atom. The molecule has 0 aliphatic carbocycles. The van der Waals surface area contributed by atoms with E-state index in [2.05, 4.69) is 40.1 Å². The summed E-state index contributed by atoms with van der Waals surface area (Å²) in [5.41, 5.74) is 2.33. The Morgan fingerprint density at radius 1 is 1.31 bits per heavy atom. The molecule has 0 aliphatic rings. The number of benzene rings is 2. The first kappa shape index (κ1) is 20.9. The number of ether oxygens (including phenoxy) is 1. The summed E-state index contributed by atoms with van der Waals surface area (Å²) in [6.45, 7) is 4.04. The molecule has 0 spiro atoms. The minimum atomic E-state index is -0.457. The van der Waals surface area contributed by atoms with Crippen molar-refractivity contribution in [1.82, 2.24) is 4.98 Å².